The average molecular weight is 381 g/mol. The highest BCUT2D eigenvalue weighted by Gasteiger charge is 2.18. The summed E-state index contributed by atoms with van der Waals surface area (Å²) in [5.41, 5.74) is 3.08. The van der Waals surface area contributed by atoms with Crippen LogP contribution in [0.4, 0.5) is 8.78 Å². The van der Waals surface area contributed by atoms with E-state index in [1.165, 1.54) is 12.3 Å². The molecule has 0 atom stereocenters. The molecule has 0 saturated heterocycles. The third-order valence-electron chi connectivity index (χ3n) is 4.47. The Hall–Kier alpha value is -3.48. The van der Waals surface area contributed by atoms with Gasteiger partial charge in [-0.25, -0.2) is 8.78 Å². The van der Waals surface area contributed by atoms with E-state index in [4.69, 9.17) is 4.42 Å². The molecular weight excluding hydrogens is 364 g/mol. The van der Waals surface area contributed by atoms with Crippen molar-refractivity contribution in [2.24, 2.45) is 0 Å². The normalized spacial score (nSPS) is 11.1. The summed E-state index contributed by atoms with van der Waals surface area (Å²) in [6.45, 7) is 0.636. The quantitative estimate of drug-likeness (QED) is 0.551. The Kier molecular flexibility index (Phi) is 4.89. The molecule has 3 aromatic heterocycles. The van der Waals surface area contributed by atoms with Crippen LogP contribution in [0.25, 0.3) is 11.1 Å². The smallest absolute Gasteiger partial charge is 0.268 e. The minimum atomic E-state index is -0.922. The summed E-state index contributed by atoms with van der Waals surface area (Å²) in [4.78, 5) is 16.9. The van der Waals surface area contributed by atoms with E-state index >= 15 is 0 Å². The Morgan fingerprint density at radius 3 is 2.79 bits per heavy atom. The molecule has 142 valence electrons. The highest BCUT2D eigenvalue weighted by molar-refractivity contribution is 5.97. The van der Waals surface area contributed by atoms with Crippen LogP contribution >= 0.6 is 0 Å². The molecule has 0 saturated carbocycles. The molecule has 0 aliphatic rings. The summed E-state index contributed by atoms with van der Waals surface area (Å²) in [5.74, 6) is -2.10. The highest BCUT2D eigenvalue weighted by atomic mass is 19.2. The van der Waals surface area contributed by atoms with Crippen LogP contribution in [0.1, 0.15) is 21.7 Å². The monoisotopic (exact) mass is 381 g/mol. The zero-order valence-electron chi connectivity index (χ0n) is 14.9. The van der Waals surface area contributed by atoms with E-state index in [9.17, 15) is 13.6 Å². The predicted octanol–water partition coefficient (Wildman–Crippen LogP) is 3.93. The molecule has 0 radical (unpaired) electrons. The van der Waals surface area contributed by atoms with E-state index in [2.05, 4.69) is 10.3 Å². The van der Waals surface area contributed by atoms with Gasteiger partial charge < -0.3 is 14.3 Å². The van der Waals surface area contributed by atoms with Crippen molar-refractivity contribution in [3.05, 3.63) is 89.6 Å². The number of fused-ring (bicyclic) bond motifs is 1. The maximum atomic E-state index is 13.6. The third kappa shape index (κ3) is 3.64. The molecule has 0 aliphatic heterocycles. The number of pyridine rings is 1. The zero-order chi connectivity index (χ0) is 19.5. The van der Waals surface area contributed by atoms with Gasteiger partial charge in [-0.15, -0.1) is 0 Å². The number of furan rings is 1. The molecular formula is C21H17F2N3O2. The number of aromatic nitrogens is 2. The first-order chi connectivity index (χ1) is 13.6. The fourth-order valence-corrected chi connectivity index (χ4v) is 3.10. The van der Waals surface area contributed by atoms with E-state index in [0.717, 1.165) is 17.8 Å². The topological polar surface area (TPSA) is 60.1 Å². The molecule has 0 spiro atoms. The summed E-state index contributed by atoms with van der Waals surface area (Å²) in [6, 6.07) is 12.7. The molecule has 1 N–H and O–H groups in total. The average Bonchev–Trinajstić information content (AvgIpc) is 3.28. The Balaban J connectivity index is 1.54. The van der Waals surface area contributed by atoms with Gasteiger partial charge in [-0.05, 0) is 29.8 Å². The fraction of sp³-hybridized carbons (Fsp3) is 0.143. The number of hydrogen-bond donors (Lipinski definition) is 1. The van der Waals surface area contributed by atoms with Crippen molar-refractivity contribution < 1.29 is 18.0 Å². The minimum Gasteiger partial charge on any atom is -0.463 e. The van der Waals surface area contributed by atoms with Gasteiger partial charge in [0.05, 0.1) is 11.8 Å². The van der Waals surface area contributed by atoms with Crippen molar-refractivity contribution in [3.8, 4) is 0 Å². The molecule has 1 aromatic carbocycles. The van der Waals surface area contributed by atoms with Gasteiger partial charge in [-0.1, -0.05) is 12.1 Å². The summed E-state index contributed by atoms with van der Waals surface area (Å²) in [6.07, 6.45) is 3.83. The van der Waals surface area contributed by atoms with Gasteiger partial charge in [-0.3, -0.25) is 9.78 Å². The van der Waals surface area contributed by atoms with Crippen LogP contribution in [0.15, 0.2) is 65.4 Å². The second kappa shape index (κ2) is 7.64. The van der Waals surface area contributed by atoms with Crippen LogP contribution in [0, 0.1) is 11.6 Å². The van der Waals surface area contributed by atoms with Crippen molar-refractivity contribution in [2.45, 2.75) is 13.0 Å². The van der Waals surface area contributed by atoms with E-state index in [-0.39, 0.29) is 12.5 Å². The van der Waals surface area contributed by atoms with Crippen molar-refractivity contribution >= 4 is 17.0 Å². The number of hydrogen-bond acceptors (Lipinski definition) is 3. The standard InChI is InChI=1S/C21H17F2N3O2/c22-16-5-4-14(11-17(16)23)13-26-18-7-10-28-20(18)12-19(26)21(27)25-9-6-15-3-1-2-8-24-15/h1-5,7-8,10-12H,6,9,13H2,(H,25,27). The summed E-state index contributed by atoms with van der Waals surface area (Å²) < 4.78 is 33.9. The molecule has 4 aromatic rings. The highest BCUT2D eigenvalue weighted by Crippen LogP contribution is 2.23. The van der Waals surface area contributed by atoms with Crippen LogP contribution in [0.2, 0.25) is 0 Å². The fourth-order valence-electron chi connectivity index (χ4n) is 3.10. The second-order valence-electron chi connectivity index (χ2n) is 6.36. The lowest BCUT2D eigenvalue weighted by Crippen LogP contribution is -2.28. The summed E-state index contributed by atoms with van der Waals surface area (Å²) in [5, 5.41) is 2.87. The molecule has 0 bridgehead atoms. The lowest BCUT2D eigenvalue weighted by Gasteiger charge is -2.11. The second-order valence-corrected chi connectivity index (χ2v) is 6.36. The Morgan fingerprint density at radius 1 is 1.11 bits per heavy atom. The number of benzene rings is 1. The number of rotatable bonds is 6. The first-order valence-corrected chi connectivity index (χ1v) is 8.80. The lowest BCUT2D eigenvalue weighted by molar-refractivity contribution is 0.0945. The number of carbonyl (C=O) groups is 1. The number of nitrogens with one attached hydrogen (secondary N) is 1. The summed E-state index contributed by atoms with van der Waals surface area (Å²) in [7, 11) is 0. The molecule has 3 heterocycles. The van der Waals surface area contributed by atoms with E-state index in [0.29, 0.717) is 35.3 Å². The molecule has 1 amide bonds. The van der Waals surface area contributed by atoms with Gasteiger partial charge in [0.25, 0.3) is 5.91 Å². The predicted molar refractivity (Wildman–Crippen MR) is 99.9 cm³/mol. The van der Waals surface area contributed by atoms with Crippen molar-refractivity contribution in [3.63, 3.8) is 0 Å². The van der Waals surface area contributed by atoms with E-state index in [1.54, 1.807) is 22.9 Å². The van der Waals surface area contributed by atoms with Crippen molar-refractivity contribution in [2.75, 3.05) is 6.54 Å². The van der Waals surface area contributed by atoms with Gasteiger partial charge in [0, 0.05) is 43.5 Å². The van der Waals surface area contributed by atoms with Crippen LogP contribution in [0.5, 0.6) is 0 Å². The minimum absolute atomic E-state index is 0.212. The number of amides is 1. The van der Waals surface area contributed by atoms with Gasteiger partial charge in [0.15, 0.2) is 17.2 Å². The molecule has 28 heavy (non-hydrogen) atoms. The zero-order valence-corrected chi connectivity index (χ0v) is 14.9. The number of nitrogens with zero attached hydrogens (tertiary/aromatic N) is 2. The van der Waals surface area contributed by atoms with Crippen LogP contribution in [-0.2, 0) is 13.0 Å². The van der Waals surface area contributed by atoms with Crippen molar-refractivity contribution in [1.82, 2.24) is 14.9 Å². The van der Waals surface area contributed by atoms with E-state index < -0.39 is 11.6 Å². The van der Waals surface area contributed by atoms with Crippen molar-refractivity contribution in [1.29, 1.82) is 0 Å². The van der Waals surface area contributed by atoms with E-state index in [1.807, 2.05) is 18.2 Å². The Bertz CT molecular complexity index is 1120. The Morgan fingerprint density at radius 2 is 2.00 bits per heavy atom. The molecule has 4 rings (SSSR count). The maximum Gasteiger partial charge on any atom is 0.268 e. The molecule has 0 aliphatic carbocycles. The first kappa shape index (κ1) is 17.9. The van der Waals surface area contributed by atoms with Crippen LogP contribution in [-0.4, -0.2) is 22.0 Å². The lowest BCUT2D eigenvalue weighted by atomic mass is 10.2. The van der Waals surface area contributed by atoms with Gasteiger partial charge in [-0.2, -0.15) is 0 Å². The molecule has 5 nitrogen and oxygen atoms in total. The van der Waals surface area contributed by atoms with Crippen LogP contribution < -0.4 is 5.32 Å². The third-order valence-corrected chi connectivity index (χ3v) is 4.47. The summed E-state index contributed by atoms with van der Waals surface area (Å²) >= 11 is 0. The molecule has 0 unspecified atom stereocenters. The molecule has 7 heteroatoms. The van der Waals surface area contributed by atoms with Gasteiger partial charge in [0.1, 0.15) is 5.69 Å². The van der Waals surface area contributed by atoms with Gasteiger partial charge in [0.2, 0.25) is 0 Å². The van der Waals surface area contributed by atoms with Gasteiger partial charge >= 0.3 is 0 Å². The number of halogens is 2. The first-order valence-electron chi connectivity index (χ1n) is 8.80. The Labute approximate surface area is 159 Å². The SMILES string of the molecule is O=C(NCCc1ccccn1)c1cc2occc2n1Cc1ccc(F)c(F)c1. The van der Waals surface area contributed by atoms with Crippen LogP contribution in [0.3, 0.4) is 0 Å². The maximum absolute atomic E-state index is 13.6. The molecule has 0 fully saturated rings. The largest absolute Gasteiger partial charge is 0.463 e. The number of carbonyl (C=O) groups excluding carboxylic acids is 1.